The van der Waals surface area contributed by atoms with Crippen molar-refractivity contribution >= 4 is 32.7 Å². The third-order valence-corrected chi connectivity index (χ3v) is 9.07. The molecular weight excluding hydrogens is 466 g/mol. The summed E-state index contributed by atoms with van der Waals surface area (Å²) >= 11 is 1.56. The van der Waals surface area contributed by atoms with Gasteiger partial charge >= 0.3 is 5.97 Å². The van der Waals surface area contributed by atoms with Crippen molar-refractivity contribution in [2.45, 2.75) is 88.0 Å². The topological polar surface area (TPSA) is 97.9 Å². The highest BCUT2D eigenvalue weighted by molar-refractivity contribution is 7.22. The molecule has 1 unspecified atom stereocenters. The van der Waals surface area contributed by atoms with Crippen molar-refractivity contribution in [2.75, 3.05) is 12.0 Å². The number of thiazole rings is 1. The van der Waals surface area contributed by atoms with Gasteiger partial charge in [-0.2, -0.15) is 0 Å². The number of aromatic carboxylic acids is 1. The fourth-order valence-electron chi connectivity index (χ4n) is 5.98. The molecule has 2 saturated heterocycles. The molecule has 0 amide bonds. The van der Waals surface area contributed by atoms with Crippen LogP contribution >= 0.6 is 11.3 Å². The maximum atomic E-state index is 11.5. The molecule has 1 N–H and O–H groups in total. The quantitative estimate of drug-likeness (QED) is 0.440. The van der Waals surface area contributed by atoms with Gasteiger partial charge in [-0.3, -0.25) is 0 Å². The molecule has 7 rings (SSSR count). The Morgan fingerprint density at radius 3 is 2.54 bits per heavy atom. The maximum Gasteiger partial charge on any atom is 0.335 e. The third-order valence-electron chi connectivity index (χ3n) is 8.05. The van der Waals surface area contributed by atoms with Crippen LogP contribution in [-0.4, -0.2) is 46.5 Å². The second-order valence-electron chi connectivity index (χ2n) is 10.5. The second-order valence-corrected chi connectivity index (χ2v) is 11.5. The van der Waals surface area contributed by atoms with E-state index in [4.69, 9.17) is 19.0 Å². The van der Waals surface area contributed by atoms with Gasteiger partial charge in [-0.05, 0) is 63.5 Å². The fraction of sp³-hybridized carbons (Fsp3) is 0.577. The van der Waals surface area contributed by atoms with Crippen molar-refractivity contribution in [1.82, 2.24) is 10.1 Å². The van der Waals surface area contributed by atoms with Crippen LogP contribution < -0.4 is 9.64 Å². The summed E-state index contributed by atoms with van der Waals surface area (Å²) < 4.78 is 18.6. The molecular formula is C26H29N3O5S. The van der Waals surface area contributed by atoms with Crippen LogP contribution in [0.1, 0.15) is 90.6 Å². The molecule has 2 aromatic heterocycles. The fourth-order valence-corrected chi connectivity index (χ4v) is 7.14. The number of ether oxygens (including phenoxy) is 2. The molecule has 4 fully saturated rings. The van der Waals surface area contributed by atoms with Crippen LogP contribution in [0.2, 0.25) is 0 Å². The zero-order valence-electron chi connectivity index (χ0n) is 19.7. The van der Waals surface area contributed by atoms with Gasteiger partial charge in [0, 0.05) is 29.5 Å². The average Bonchev–Trinajstić information content (AvgIpc) is 3.77. The van der Waals surface area contributed by atoms with E-state index >= 15 is 0 Å². The highest BCUT2D eigenvalue weighted by Crippen LogP contribution is 2.48. The van der Waals surface area contributed by atoms with Crippen LogP contribution in [-0.2, 0) is 11.3 Å². The van der Waals surface area contributed by atoms with Gasteiger partial charge in [-0.25, -0.2) is 9.78 Å². The smallest absolute Gasteiger partial charge is 0.335 e. The average molecular weight is 496 g/mol. The standard InChI is InChI=1S/C26H29N3O5S/c1-32-20-8-15(25(30)31)9-21-23(20)27-26(35-21)29-16-6-7-17(29)11-18(10-16)33-12-19-22(13-2-3-13)28-34-24(19)14-4-5-14/h8-9,13-14,16-18H,2-7,10-12H2,1H3,(H,30,31)/t16-,17+,18?. The van der Waals surface area contributed by atoms with E-state index in [2.05, 4.69) is 10.1 Å². The zero-order chi connectivity index (χ0) is 23.7. The Labute approximate surface area is 207 Å². The number of methoxy groups -OCH3 is 1. The molecule has 4 aliphatic rings. The number of nitrogens with zero attached hydrogens (tertiary/aromatic N) is 3. The van der Waals surface area contributed by atoms with Crippen molar-refractivity contribution in [1.29, 1.82) is 0 Å². The van der Waals surface area contributed by atoms with E-state index in [-0.39, 0.29) is 11.7 Å². The molecule has 4 heterocycles. The summed E-state index contributed by atoms with van der Waals surface area (Å²) in [7, 11) is 1.56. The monoisotopic (exact) mass is 495 g/mol. The predicted molar refractivity (Wildman–Crippen MR) is 131 cm³/mol. The first-order valence-electron chi connectivity index (χ1n) is 12.7. The van der Waals surface area contributed by atoms with Gasteiger partial charge < -0.3 is 24.0 Å². The highest BCUT2D eigenvalue weighted by Gasteiger charge is 2.43. The lowest BCUT2D eigenvalue weighted by Gasteiger charge is -2.38. The molecule has 9 heteroatoms. The molecule has 2 aliphatic carbocycles. The van der Waals surface area contributed by atoms with Crippen LogP contribution in [0.5, 0.6) is 5.75 Å². The number of carboxylic acid groups (broad SMARTS) is 1. The Balaban J connectivity index is 1.09. The summed E-state index contributed by atoms with van der Waals surface area (Å²) in [4.78, 5) is 18.9. The summed E-state index contributed by atoms with van der Waals surface area (Å²) in [6.07, 6.45) is 9.28. The van der Waals surface area contributed by atoms with Crippen molar-refractivity contribution in [3.05, 3.63) is 34.7 Å². The molecule has 3 aromatic rings. The van der Waals surface area contributed by atoms with Crippen LogP contribution in [0, 0.1) is 0 Å². The largest absolute Gasteiger partial charge is 0.494 e. The number of anilines is 1. The summed E-state index contributed by atoms with van der Waals surface area (Å²) in [6, 6.07) is 4.03. The molecule has 0 radical (unpaired) electrons. The summed E-state index contributed by atoms with van der Waals surface area (Å²) in [6.45, 7) is 0.613. The summed E-state index contributed by atoms with van der Waals surface area (Å²) in [5.74, 6) is 1.75. The van der Waals surface area contributed by atoms with Crippen molar-refractivity contribution < 1.29 is 23.9 Å². The number of hydrogen-bond donors (Lipinski definition) is 1. The summed E-state index contributed by atoms with van der Waals surface area (Å²) in [5.41, 5.74) is 3.35. The number of hydrogen-bond acceptors (Lipinski definition) is 8. The van der Waals surface area contributed by atoms with Crippen molar-refractivity contribution in [2.24, 2.45) is 0 Å². The number of carbonyl (C=O) groups is 1. The van der Waals surface area contributed by atoms with Gasteiger partial charge in [0.05, 0.1) is 35.8 Å². The second kappa shape index (κ2) is 8.20. The Morgan fingerprint density at radius 2 is 1.89 bits per heavy atom. The molecule has 2 aliphatic heterocycles. The first-order valence-corrected chi connectivity index (χ1v) is 13.5. The molecule has 8 nitrogen and oxygen atoms in total. The summed E-state index contributed by atoms with van der Waals surface area (Å²) in [5, 5.41) is 14.8. The van der Waals surface area contributed by atoms with E-state index in [0.29, 0.717) is 36.3 Å². The minimum Gasteiger partial charge on any atom is -0.494 e. The lowest BCUT2D eigenvalue weighted by Crippen LogP contribution is -2.45. The van der Waals surface area contributed by atoms with E-state index in [1.807, 2.05) is 0 Å². The first-order chi connectivity index (χ1) is 17.1. The minimum atomic E-state index is -0.958. The number of piperidine rings is 1. The zero-order valence-corrected chi connectivity index (χ0v) is 20.6. The highest BCUT2D eigenvalue weighted by atomic mass is 32.1. The molecule has 184 valence electrons. The number of benzene rings is 1. The molecule has 1 aromatic carbocycles. The van der Waals surface area contributed by atoms with Gasteiger partial charge in [0.2, 0.25) is 0 Å². The number of fused-ring (bicyclic) bond motifs is 3. The van der Waals surface area contributed by atoms with Gasteiger partial charge in [0.15, 0.2) is 5.13 Å². The van der Waals surface area contributed by atoms with E-state index in [1.165, 1.54) is 31.2 Å². The minimum absolute atomic E-state index is 0.222. The van der Waals surface area contributed by atoms with Gasteiger partial charge in [0.1, 0.15) is 17.0 Å². The molecule has 35 heavy (non-hydrogen) atoms. The van der Waals surface area contributed by atoms with E-state index in [9.17, 15) is 9.90 Å². The number of rotatable bonds is 8. The first kappa shape index (κ1) is 21.6. The van der Waals surface area contributed by atoms with Gasteiger partial charge in [0.25, 0.3) is 0 Å². The van der Waals surface area contributed by atoms with Crippen LogP contribution in [0.25, 0.3) is 10.2 Å². The lowest BCUT2D eigenvalue weighted by atomic mass is 10.00. The Hall–Kier alpha value is -2.65. The lowest BCUT2D eigenvalue weighted by molar-refractivity contribution is 0.0142. The van der Waals surface area contributed by atoms with Gasteiger partial charge in [-0.15, -0.1) is 0 Å². The number of carboxylic acids is 1. The Morgan fingerprint density at radius 1 is 1.14 bits per heavy atom. The Kier molecular flexibility index (Phi) is 5.06. The Bertz CT molecular complexity index is 1250. The third kappa shape index (κ3) is 3.80. The molecule has 3 atom stereocenters. The number of aromatic nitrogens is 2. The van der Waals surface area contributed by atoms with Crippen LogP contribution in [0.15, 0.2) is 16.7 Å². The SMILES string of the molecule is COc1cc(C(=O)O)cc2sc(N3[C@@H]4CC[C@H]3CC(OCc3c(C5CC5)noc3C3CC3)C4)nc12. The van der Waals surface area contributed by atoms with Crippen molar-refractivity contribution in [3.8, 4) is 5.75 Å². The predicted octanol–water partition coefficient (Wildman–Crippen LogP) is 5.46. The normalized spacial score (nSPS) is 26.0. The van der Waals surface area contributed by atoms with E-state index in [0.717, 1.165) is 52.5 Å². The van der Waals surface area contributed by atoms with Crippen LogP contribution in [0.4, 0.5) is 5.13 Å². The van der Waals surface area contributed by atoms with Crippen LogP contribution in [0.3, 0.4) is 0 Å². The molecule has 2 bridgehead atoms. The maximum absolute atomic E-state index is 11.5. The van der Waals surface area contributed by atoms with E-state index in [1.54, 1.807) is 30.6 Å². The van der Waals surface area contributed by atoms with E-state index < -0.39 is 5.97 Å². The molecule has 0 spiro atoms. The van der Waals surface area contributed by atoms with Gasteiger partial charge in [-0.1, -0.05) is 16.5 Å². The van der Waals surface area contributed by atoms with Crippen molar-refractivity contribution in [3.63, 3.8) is 0 Å². The molecule has 2 saturated carbocycles.